The van der Waals surface area contributed by atoms with Gasteiger partial charge < -0.3 is 14.4 Å². The fourth-order valence-corrected chi connectivity index (χ4v) is 3.40. The smallest absolute Gasteiger partial charge is 0.149 e. The van der Waals surface area contributed by atoms with Crippen LogP contribution in [0.4, 0.5) is 0 Å². The number of aryl methyl sites for hydroxylation is 1. The first kappa shape index (κ1) is 13.5. The summed E-state index contributed by atoms with van der Waals surface area (Å²) in [5.41, 5.74) is 0. The van der Waals surface area contributed by atoms with Crippen molar-refractivity contribution in [3.8, 4) is 5.75 Å². The molecule has 2 atom stereocenters. The number of thioether (sulfide) groups is 1. The van der Waals surface area contributed by atoms with Crippen LogP contribution < -0.4 is 4.74 Å². The van der Waals surface area contributed by atoms with E-state index in [2.05, 4.69) is 11.9 Å². The van der Waals surface area contributed by atoms with Gasteiger partial charge in [-0.2, -0.15) is 0 Å². The molecule has 2 unspecified atom stereocenters. The van der Waals surface area contributed by atoms with E-state index in [1.165, 1.54) is 0 Å². The second kappa shape index (κ2) is 5.89. The van der Waals surface area contributed by atoms with Crippen LogP contribution in [-0.2, 0) is 6.54 Å². The highest BCUT2D eigenvalue weighted by atomic mass is 32.2. The first-order valence-corrected chi connectivity index (χ1v) is 7.85. The predicted octanol–water partition coefficient (Wildman–Crippen LogP) is 2.88. The van der Waals surface area contributed by atoms with Crippen LogP contribution in [0.15, 0.2) is 41.6 Å². The van der Waals surface area contributed by atoms with E-state index < -0.39 is 6.10 Å². The van der Waals surface area contributed by atoms with Crippen LogP contribution in [0.5, 0.6) is 5.75 Å². The number of aliphatic hydroxyl groups is 1. The Hall–Kier alpha value is -1.46. The van der Waals surface area contributed by atoms with Crippen molar-refractivity contribution in [3.63, 3.8) is 0 Å². The second-order valence-electron chi connectivity index (χ2n) is 4.84. The number of aromatic nitrogens is 2. The quantitative estimate of drug-likeness (QED) is 0.940. The van der Waals surface area contributed by atoms with Gasteiger partial charge >= 0.3 is 0 Å². The summed E-state index contributed by atoms with van der Waals surface area (Å²) in [5, 5.41) is 10.5. The van der Waals surface area contributed by atoms with Gasteiger partial charge in [0.2, 0.25) is 0 Å². The van der Waals surface area contributed by atoms with Crippen LogP contribution in [-0.4, -0.2) is 26.5 Å². The Kier molecular flexibility index (Phi) is 3.98. The lowest BCUT2D eigenvalue weighted by Gasteiger charge is -2.29. The van der Waals surface area contributed by atoms with Crippen molar-refractivity contribution in [2.75, 3.05) is 5.75 Å². The average molecular weight is 290 g/mol. The van der Waals surface area contributed by atoms with E-state index in [4.69, 9.17) is 4.74 Å². The number of aliphatic hydroxyl groups excluding tert-OH is 1. The third kappa shape index (κ3) is 2.55. The summed E-state index contributed by atoms with van der Waals surface area (Å²) < 4.78 is 7.93. The third-order valence-corrected chi connectivity index (χ3v) is 4.50. The number of rotatable bonds is 4. The molecule has 1 aromatic carbocycles. The number of ether oxygens (including phenoxy) is 1. The predicted molar refractivity (Wildman–Crippen MR) is 79.1 cm³/mol. The van der Waals surface area contributed by atoms with E-state index in [0.29, 0.717) is 5.82 Å². The summed E-state index contributed by atoms with van der Waals surface area (Å²) in [6.45, 7) is 2.97. The van der Waals surface area contributed by atoms with Gasteiger partial charge in [0.15, 0.2) is 0 Å². The number of hydrogen-bond donors (Lipinski definition) is 1. The van der Waals surface area contributed by atoms with Crippen LogP contribution in [0, 0.1) is 0 Å². The number of fused-ring (bicyclic) bond motifs is 1. The summed E-state index contributed by atoms with van der Waals surface area (Å²) in [5.74, 6) is 2.27. The number of para-hydroxylation sites is 1. The molecule has 2 heterocycles. The Labute approximate surface area is 122 Å². The van der Waals surface area contributed by atoms with E-state index in [1.807, 2.05) is 35.0 Å². The highest BCUT2D eigenvalue weighted by Crippen LogP contribution is 2.37. The second-order valence-corrected chi connectivity index (χ2v) is 5.90. The monoisotopic (exact) mass is 290 g/mol. The van der Waals surface area contributed by atoms with E-state index >= 15 is 0 Å². The van der Waals surface area contributed by atoms with Gasteiger partial charge in [-0.15, -0.1) is 11.8 Å². The molecule has 1 aliphatic heterocycles. The Morgan fingerprint density at radius 1 is 1.50 bits per heavy atom. The normalized spacial score (nSPS) is 19.2. The molecule has 5 heteroatoms. The van der Waals surface area contributed by atoms with Crippen molar-refractivity contribution in [1.82, 2.24) is 9.55 Å². The van der Waals surface area contributed by atoms with Crippen molar-refractivity contribution in [2.24, 2.45) is 0 Å². The maximum absolute atomic E-state index is 10.5. The first-order valence-electron chi connectivity index (χ1n) is 6.87. The molecule has 0 bridgehead atoms. The minimum atomic E-state index is -0.697. The molecule has 1 N–H and O–H groups in total. The largest absolute Gasteiger partial charge is 0.485 e. The summed E-state index contributed by atoms with van der Waals surface area (Å²) in [7, 11) is 0. The molecule has 0 saturated heterocycles. The van der Waals surface area contributed by atoms with E-state index in [-0.39, 0.29) is 6.10 Å². The third-order valence-electron chi connectivity index (χ3n) is 3.36. The van der Waals surface area contributed by atoms with Crippen molar-refractivity contribution < 1.29 is 9.84 Å². The molecule has 1 aromatic heterocycles. The van der Waals surface area contributed by atoms with E-state index in [9.17, 15) is 5.11 Å². The lowest BCUT2D eigenvalue weighted by molar-refractivity contribution is 0.0374. The number of benzene rings is 1. The molecular formula is C15H18N2O2S. The molecule has 0 radical (unpaired) electrons. The van der Waals surface area contributed by atoms with Crippen LogP contribution in [0.2, 0.25) is 0 Å². The Morgan fingerprint density at radius 2 is 2.35 bits per heavy atom. The van der Waals surface area contributed by atoms with Crippen molar-refractivity contribution in [1.29, 1.82) is 0 Å². The van der Waals surface area contributed by atoms with Crippen molar-refractivity contribution in [3.05, 3.63) is 42.5 Å². The molecule has 0 amide bonds. The zero-order valence-corrected chi connectivity index (χ0v) is 12.2. The van der Waals surface area contributed by atoms with Gasteiger partial charge in [-0.25, -0.2) is 4.98 Å². The molecule has 0 spiro atoms. The molecule has 20 heavy (non-hydrogen) atoms. The SMILES string of the molecule is CCCn1ccnc1C(O)C1CSc2ccccc2O1. The first-order chi connectivity index (χ1) is 9.79. The van der Waals surface area contributed by atoms with Gasteiger partial charge in [-0.3, -0.25) is 0 Å². The maximum Gasteiger partial charge on any atom is 0.149 e. The highest BCUT2D eigenvalue weighted by molar-refractivity contribution is 7.99. The van der Waals surface area contributed by atoms with Crippen molar-refractivity contribution >= 4 is 11.8 Å². The van der Waals surface area contributed by atoms with E-state index in [1.54, 1.807) is 18.0 Å². The fraction of sp³-hybridized carbons (Fsp3) is 0.400. The van der Waals surface area contributed by atoms with Gasteiger partial charge in [0.25, 0.3) is 0 Å². The van der Waals surface area contributed by atoms with Gasteiger partial charge in [-0.05, 0) is 18.6 Å². The summed E-state index contributed by atoms with van der Waals surface area (Å²) in [6, 6.07) is 7.94. The minimum absolute atomic E-state index is 0.257. The molecule has 0 fully saturated rings. The lowest BCUT2D eigenvalue weighted by Crippen LogP contribution is -2.32. The maximum atomic E-state index is 10.5. The molecule has 0 aliphatic carbocycles. The fourth-order valence-electron chi connectivity index (χ4n) is 2.37. The Balaban J connectivity index is 1.78. The van der Waals surface area contributed by atoms with Gasteiger partial charge in [-0.1, -0.05) is 19.1 Å². The number of hydrogen-bond acceptors (Lipinski definition) is 4. The Bertz CT molecular complexity index is 585. The molecular weight excluding hydrogens is 272 g/mol. The van der Waals surface area contributed by atoms with Gasteiger partial charge in [0.05, 0.1) is 0 Å². The summed E-state index contributed by atoms with van der Waals surface area (Å²) in [6.07, 6.45) is 3.70. The summed E-state index contributed by atoms with van der Waals surface area (Å²) >= 11 is 1.72. The van der Waals surface area contributed by atoms with Crippen molar-refractivity contribution in [2.45, 2.75) is 37.0 Å². The van der Waals surface area contributed by atoms with Crippen LogP contribution in [0.3, 0.4) is 0 Å². The van der Waals surface area contributed by atoms with Gasteiger partial charge in [0.1, 0.15) is 23.8 Å². The molecule has 106 valence electrons. The molecule has 4 nitrogen and oxygen atoms in total. The zero-order valence-electron chi connectivity index (χ0n) is 11.4. The van der Waals surface area contributed by atoms with E-state index in [0.717, 1.165) is 29.4 Å². The molecule has 2 aromatic rings. The van der Waals surface area contributed by atoms with Crippen LogP contribution in [0.25, 0.3) is 0 Å². The summed E-state index contributed by atoms with van der Waals surface area (Å²) in [4.78, 5) is 5.42. The zero-order chi connectivity index (χ0) is 13.9. The lowest BCUT2D eigenvalue weighted by atomic mass is 10.2. The average Bonchev–Trinajstić information content (AvgIpc) is 2.94. The number of imidazole rings is 1. The topological polar surface area (TPSA) is 47.3 Å². The molecule has 1 aliphatic rings. The standard InChI is InChI=1S/C15H18N2O2S/c1-2-8-17-9-7-16-15(17)14(18)12-10-20-13-6-4-3-5-11(13)19-12/h3-7,9,12,14,18H,2,8,10H2,1H3. The Morgan fingerprint density at radius 3 is 3.20 bits per heavy atom. The minimum Gasteiger partial charge on any atom is -0.485 e. The number of nitrogens with zero attached hydrogens (tertiary/aromatic N) is 2. The molecule has 0 saturated carbocycles. The van der Waals surface area contributed by atoms with Crippen LogP contribution in [0.1, 0.15) is 25.3 Å². The van der Waals surface area contributed by atoms with Crippen LogP contribution >= 0.6 is 11.8 Å². The van der Waals surface area contributed by atoms with Gasteiger partial charge in [0, 0.05) is 29.6 Å². The highest BCUT2D eigenvalue weighted by Gasteiger charge is 2.30. The molecule has 3 rings (SSSR count).